The Morgan fingerprint density at radius 2 is 1.94 bits per heavy atom. The molecule has 0 bridgehead atoms. The highest BCUT2D eigenvalue weighted by Crippen LogP contribution is 2.37. The number of amides is 2. The number of carbonyl (C=O) groups is 2. The molecular weight excluding hydrogens is 592 g/mol. The summed E-state index contributed by atoms with van der Waals surface area (Å²) in [5.74, 6) is 0.586. The molecular formula is C23H22Br2N2O4S2. The predicted octanol–water partition coefficient (Wildman–Crippen LogP) is 6.33. The largest absolute Gasteiger partial charge is 0.506 e. The quantitative estimate of drug-likeness (QED) is 0.196. The molecule has 0 radical (unpaired) electrons. The van der Waals surface area contributed by atoms with Crippen molar-refractivity contribution in [2.45, 2.75) is 25.7 Å². The molecule has 3 rings (SSSR count). The van der Waals surface area contributed by atoms with Crippen molar-refractivity contribution >= 4 is 83.7 Å². The minimum atomic E-state index is -0.169. The predicted molar refractivity (Wildman–Crippen MR) is 143 cm³/mol. The van der Waals surface area contributed by atoms with Crippen molar-refractivity contribution < 1.29 is 19.4 Å². The number of nitrogens with zero attached hydrogens (tertiary/aromatic N) is 1. The van der Waals surface area contributed by atoms with Gasteiger partial charge in [-0.1, -0.05) is 46.3 Å². The summed E-state index contributed by atoms with van der Waals surface area (Å²) in [6.45, 7) is 0.496. The number of halogens is 2. The number of phenolic OH excluding ortho intramolecular Hbond substituents is 1. The summed E-state index contributed by atoms with van der Waals surface area (Å²) in [5.41, 5.74) is 1.26. The second-order valence-corrected chi connectivity index (χ2v) is 10.7. The lowest BCUT2D eigenvalue weighted by Gasteiger charge is -2.14. The summed E-state index contributed by atoms with van der Waals surface area (Å²) >= 11 is 13.3. The molecule has 0 aromatic heterocycles. The monoisotopic (exact) mass is 612 g/mol. The van der Waals surface area contributed by atoms with Crippen LogP contribution in [0.25, 0.3) is 6.08 Å². The average molecular weight is 614 g/mol. The molecule has 1 aliphatic heterocycles. The molecule has 33 heavy (non-hydrogen) atoms. The smallest absolute Gasteiger partial charge is 0.266 e. The van der Waals surface area contributed by atoms with Crippen LogP contribution in [0.3, 0.4) is 0 Å². The maximum atomic E-state index is 12.8. The number of methoxy groups -OCH3 is 1. The van der Waals surface area contributed by atoms with Gasteiger partial charge in [-0.25, -0.2) is 0 Å². The summed E-state index contributed by atoms with van der Waals surface area (Å²) in [6, 6.07) is 10.7. The van der Waals surface area contributed by atoms with Crippen molar-refractivity contribution in [3.8, 4) is 11.5 Å². The van der Waals surface area contributed by atoms with Crippen LogP contribution in [0.1, 0.15) is 31.2 Å². The molecule has 2 aromatic rings. The number of thioether (sulfide) groups is 1. The van der Waals surface area contributed by atoms with Crippen LogP contribution in [-0.4, -0.2) is 39.8 Å². The van der Waals surface area contributed by atoms with Gasteiger partial charge >= 0.3 is 0 Å². The van der Waals surface area contributed by atoms with Crippen molar-refractivity contribution in [1.82, 2.24) is 4.90 Å². The topological polar surface area (TPSA) is 78.9 Å². The van der Waals surface area contributed by atoms with Crippen LogP contribution in [0.15, 0.2) is 50.2 Å². The molecule has 0 unspecified atom stereocenters. The van der Waals surface area contributed by atoms with Crippen molar-refractivity contribution in [2.24, 2.45) is 0 Å². The highest BCUT2D eigenvalue weighted by atomic mass is 79.9. The summed E-state index contributed by atoms with van der Waals surface area (Å²) in [6.07, 6.45) is 4.30. The zero-order valence-electron chi connectivity index (χ0n) is 17.8. The van der Waals surface area contributed by atoms with Crippen LogP contribution in [0.5, 0.6) is 11.5 Å². The van der Waals surface area contributed by atoms with E-state index in [0.717, 1.165) is 28.8 Å². The number of unbranched alkanes of at least 4 members (excludes halogenated alkanes) is 2. The van der Waals surface area contributed by atoms with E-state index in [0.29, 0.717) is 38.6 Å². The Labute approximate surface area is 219 Å². The summed E-state index contributed by atoms with van der Waals surface area (Å²) in [4.78, 5) is 27.0. The molecule has 0 spiro atoms. The van der Waals surface area contributed by atoms with E-state index in [1.54, 1.807) is 54.5 Å². The minimum absolute atomic E-state index is 0.0475. The molecule has 2 amide bonds. The normalized spacial score (nSPS) is 14.8. The van der Waals surface area contributed by atoms with Gasteiger partial charge in [-0.3, -0.25) is 14.5 Å². The first-order valence-electron chi connectivity index (χ1n) is 10.2. The Balaban J connectivity index is 1.45. The molecule has 1 heterocycles. The van der Waals surface area contributed by atoms with Crippen molar-refractivity contribution in [2.75, 3.05) is 19.0 Å². The second kappa shape index (κ2) is 12.0. The van der Waals surface area contributed by atoms with E-state index < -0.39 is 0 Å². The van der Waals surface area contributed by atoms with E-state index in [-0.39, 0.29) is 17.6 Å². The van der Waals surface area contributed by atoms with Gasteiger partial charge in [-0.05, 0) is 71.2 Å². The van der Waals surface area contributed by atoms with Crippen molar-refractivity contribution in [1.29, 1.82) is 0 Å². The fourth-order valence-corrected chi connectivity index (χ4v) is 5.72. The minimum Gasteiger partial charge on any atom is -0.506 e. The van der Waals surface area contributed by atoms with Gasteiger partial charge in [0, 0.05) is 28.7 Å². The lowest BCUT2D eigenvalue weighted by Crippen LogP contribution is -2.29. The number of nitrogens with one attached hydrogen (secondary N) is 1. The highest BCUT2D eigenvalue weighted by molar-refractivity contribution is 9.11. The van der Waals surface area contributed by atoms with Crippen LogP contribution in [0, 0.1) is 0 Å². The van der Waals surface area contributed by atoms with Gasteiger partial charge in [0.25, 0.3) is 5.91 Å². The summed E-state index contributed by atoms with van der Waals surface area (Å²) < 4.78 is 6.92. The average Bonchev–Trinajstić information content (AvgIpc) is 3.04. The van der Waals surface area contributed by atoms with Gasteiger partial charge in [-0.15, -0.1) is 0 Å². The first-order valence-corrected chi connectivity index (χ1v) is 13.0. The van der Waals surface area contributed by atoms with Crippen LogP contribution >= 0.6 is 55.8 Å². The molecule has 0 saturated carbocycles. The first kappa shape index (κ1) is 25.7. The van der Waals surface area contributed by atoms with Gasteiger partial charge < -0.3 is 15.2 Å². The van der Waals surface area contributed by atoms with Crippen LogP contribution < -0.4 is 10.1 Å². The highest BCUT2D eigenvalue weighted by Gasteiger charge is 2.31. The number of ether oxygens (including phenoxy) is 1. The zero-order chi connectivity index (χ0) is 24.0. The fourth-order valence-electron chi connectivity index (χ4n) is 3.16. The lowest BCUT2D eigenvalue weighted by atomic mass is 10.1. The third-order valence-electron chi connectivity index (χ3n) is 4.88. The number of anilines is 1. The van der Waals surface area contributed by atoms with E-state index in [1.165, 1.54) is 11.8 Å². The zero-order valence-corrected chi connectivity index (χ0v) is 22.6. The molecule has 10 heteroatoms. The van der Waals surface area contributed by atoms with E-state index in [4.69, 9.17) is 17.0 Å². The second-order valence-electron chi connectivity index (χ2n) is 7.25. The molecule has 6 nitrogen and oxygen atoms in total. The molecule has 174 valence electrons. The SMILES string of the molecule is COc1ccc(NC(=O)CCCCCN2C(=O)/C(=C/c3cc(Br)cc(Br)c3O)SC2=S)cc1. The Kier molecular flexibility index (Phi) is 9.37. The van der Waals surface area contributed by atoms with E-state index >= 15 is 0 Å². The molecule has 2 N–H and O–H groups in total. The third-order valence-corrected chi connectivity index (χ3v) is 7.32. The first-order chi connectivity index (χ1) is 15.8. The van der Waals surface area contributed by atoms with Gasteiger partial charge in [-0.2, -0.15) is 0 Å². The number of aromatic hydroxyl groups is 1. The molecule has 0 atom stereocenters. The fraction of sp³-hybridized carbons (Fsp3) is 0.261. The number of rotatable bonds is 9. The van der Waals surface area contributed by atoms with Crippen LogP contribution in [0.2, 0.25) is 0 Å². The van der Waals surface area contributed by atoms with Crippen molar-refractivity contribution in [3.05, 3.63) is 55.8 Å². The molecule has 2 aromatic carbocycles. The van der Waals surface area contributed by atoms with Gasteiger partial charge in [0.05, 0.1) is 16.5 Å². The Hall–Kier alpha value is -1.88. The summed E-state index contributed by atoms with van der Waals surface area (Å²) in [5, 5.41) is 13.1. The van der Waals surface area contributed by atoms with E-state index in [2.05, 4.69) is 37.2 Å². The van der Waals surface area contributed by atoms with Gasteiger partial charge in [0.15, 0.2) is 0 Å². The van der Waals surface area contributed by atoms with Crippen molar-refractivity contribution in [3.63, 3.8) is 0 Å². The molecule has 1 aliphatic rings. The lowest BCUT2D eigenvalue weighted by molar-refractivity contribution is -0.122. The van der Waals surface area contributed by atoms with E-state index in [9.17, 15) is 14.7 Å². The van der Waals surface area contributed by atoms with Gasteiger partial charge in [0.1, 0.15) is 15.8 Å². The van der Waals surface area contributed by atoms with Gasteiger partial charge in [0.2, 0.25) is 5.91 Å². The standard InChI is InChI=1S/C23H22Br2N2O4S2/c1-31-17-8-6-16(7-9-17)26-20(28)5-3-2-4-10-27-22(30)19(33-23(27)32)12-14-11-15(24)13-18(25)21(14)29/h6-9,11-13,29H,2-5,10H2,1H3,(H,26,28)/b19-12-. The maximum Gasteiger partial charge on any atom is 0.266 e. The number of carbonyl (C=O) groups excluding carboxylic acids is 2. The molecule has 1 saturated heterocycles. The maximum absolute atomic E-state index is 12.8. The number of phenols is 1. The Morgan fingerprint density at radius 3 is 2.64 bits per heavy atom. The number of hydrogen-bond acceptors (Lipinski definition) is 6. The van der Waals surface area contributed by atoms with Crippen LogP contribution in [0.4, 0.5) is 5.69 Å². The Morgan fingerprint density at radius 1 is 1.21 bits per heavy atom. The Bertz CT molecular complexity index is 1090. The van der Waals surface area contributed by atoms with Crippen LogP contribution in [-0.2, 0) is 9.59 Å². The number of hydrogen-bond donors (Lipinski definition) is 2. The van der Waals surface area contributed by atoms with E-state index in [1.807, 2.05) is 0 Å². The molecule has 0 aliphatic carbocycles. The molecule has 1 fully saturated rings. The third kappa shape index (κ3) is 7.05. The number of benzene rings is 2. The summed E-state index contributed by atoms with van der Waals surface area (Å²) in [7, 11) is 1.60. The number of thiocarbonyl (C=S) groups is 1.